The molecule has 0 amide bonds. The van der Waals surface area contributed by atoms with E-state index in [-0.39, 0.29) is 6.10 Å². The summed E-state index contributed by atoms with van der Waals surface area (Å²) < 4.78 is 17.4. The smallest absolute Gasteiger partial charge is 0.164 e. The normalized spacial score (nSPS) is 18.8. The Morgan fingerprint density at radius 2 is 2.20 bits per heavy atom. The van der Waals surface area contributed by atoms with Crippen LogP contribution in [0.4, 0.5) is 0 Å². The summed E-state index contributed by atoms with van der Waals surface area (Å²) in [4.78, 5) is 0. The zero-order valence-electron chi connectivity index (χ0n) is 12.3. The molecule has 4 heteroatoms. The zero-order valence-corrected chi connectivity index (χ0v) is 12.3. The summed E-state index contributed by atoms with van der Waals surface area (Å²) >= 11 is 0. The van der Waals surface area contributed by atoms with Gasteiger partial charge in [0.15, 0.2) is 11.5 Å². The van der Waals surface area contributed by atoms with Crippen LogP contribution >= 0.6 is 0 Å². The fourth-order valence-electron chi connectivity index (χ4n) is 2.46. The van der Waals surface area contributed by atoms with Gasteiger partial charge in [-0.05, 0) is 50.8 Å². The first-order valence-electron chi connectivity index (χ1n) is 7.54. The van der Waals surface area contributed by atoms with Crippen LogP contribution in [0, 0.1) is 0 Å². The summed E-state index contributed by atoms with van der Waals surface area (Å²) in [5.74, 6) is 1.63. The molecule has 1 aliphatic heterocycles. The van der Waals surface area contributed by atoms with Gasteiger partial charge in [0.05, 0.1) is 12.7 Å². The molecule has 0 bridgehead atoms. The van der Waals surface area contributed by atoms with Crippen LogP contribution in [0.2, 0.25) is 0 Å². The van der Waals surface area contributed by atoms with E-state index in [0.717, 1.165) is 42.9 Å². The lowest BCUT2D eigenvalue weighted by molar-refractivity contribution is -0.0117. The molecule has 1 aromatic carbocycles. The molecule has 112 valence electrons. The minimum atomic E-state index is 0.198. The van der Waals surface area contributed by atoms with E-state index < -0.39 is 0 Å². The van der Waals surface area contributed by atoms with Gasteiger partial charge < -0.3 is 19.9 Å². The number of hydrogen-bond donors (Lipinski definition) is 1. The number of para-hydroxylation sites is 1. The predicted molar refractivity (Wildman–Crippen MR) is 79.5 cm³/mol. The summed E-state index contributed by atoms with van der Waals surface area (Å²) in [5.41, 5.74) is 6.78. The van der Waals surface area contributed by atoms with Gasteiger partial charge in [-0.1, -0.05) is 12.1 Å². The lowest BCUT2D eigenvalue weighted by Gasteiger charge is -2.24. The van der Waals surface area contributed by atoms with E-state index in [4.69, 9.17) is 19.9 Å². The SMILES string of the molecule is CCOc1cccc(CCN)c1OCC1CCCCO1. The molecular formula is C16H25NO3. The second-order valence-electron chi connectivity index (χ2n) is 5.02. The summed E-state index contributed by atoms with van der Waals surface area (Å²) in [6.45, 7) is 4.64. The van der Waals surface area contributed by atoms with E-state index >= 15 is 0 Å². The first-order chi connectivity index (χ1) is 9.85. The van der Waals surface area contributed by atoms with Crippen LogP contribution in [0.3, 0.4) is 0 Å². The van der Waals surface area contributed by atoms with Gasteiger partial charge in [0.25, 0.3) is 0 Å². The second kappa shape index (κ2) is 8.12. The lowest BCUT2D eigenvalue weighted by atomic mass is 10.1. The Bertz CT molecular complexity index is 378. The molecule has 1 heterocycles. The topological polar surface area (TPSA) is 53.7 Å². The number of benzene rings is 1. The Morgan fingerprint density at radius 1 is 1.30 bits per heavy atom. The maximum absolute atomic E-state index is 6.01. The maximum atomic E-state index is 6.01. The van der Waals surface area contributed by atoms with Crippen molar-refractivity contribution in [3.05, 3.63) is 23.8 Å². The molecule has 1 unspecified atom stereocenters. The van der Waals surface area contributed by atoms with Crippen molar-refractivity contribution in [3.8, 4) is 11.5 Å². The van der Waals surface area contributed by atoms with Crippen LogP contribution in [-0.2, 0) is 11.2 Å². The van der Waals surface area contributed by atoms with Gasteiger partial charge in [-0.3, -0.25) is 0 Å². The molecule has 1 atom stereocenters. The molecule has 2 rings (SSSR count). The third kappa shape index (κ3) is 4.12. The molecule has 0 aliphatic carbocycles. The standard InChI is InChI=1S/C16H25NO3/c1-2-18-15-8-5-6-13(9-10-17)16(15)20-12-14-7-3-4-11-19-14/h5-6,8,14H,2-4,7,9-12,17H2,1H3. The van der Waals surface area contributed by atoms with Gasteiger partial charge >= 0.3 is 0 Å². The lowest BCUT2D eigenvalue weighted by Crippen LogP contribution is -2.26. The first kappa shape index (κ1) is 15.1. The van der Waals surface area contributed by atoms with Crippen molar-refractivity contribution in [2.75, 3.05) is 26.4 Å². The van der Waals surface area contributed by atoms with E-state index in [1.165, 1.54) is 6.42 Å². The van der Waals surface area contributed by atoms with Crippen LogP contribution in [0.15, 0.2) is 18.2 Å². The molecule has 4 nitrogen and oxygen atoms in total. The van der Waals surface area contributed by atoms with Gasteiger partial charge in [-0.2, -0.15) is 0 Å². The Labute approximate surface area is 121 Å². The minimum Gasteiger partial charge on any atom is -0.490 e. The van der Waals surface area contributed by atoms with Crippen molar-refractivity contribution in [2.24, 2.45) is 5.73 Å². The number of hydrogen-bond acceptors (Lipinski definition) is 4. The Hall–Kier alpha value is -1.26. The largest absolute Gasteiger partial charge is 0.490 e. The second-order valence-corrected chi connectivity index (χ2v) is 5.02. The number of nitrogens with two attached hydrogens (primary N) is 1. The molecule has 1 aromatic rings. The highest BCUT2D eigenvalue weighted by Crippen LogP contribution is 2.32. The molecule has 1 saturated heterocycles. The van der Waals surface area contributed by atoms with Gasteiger partial charge in [0.2, 0.25) is 0 Å². The fraction of sp³-hybridized carbons (Fsp3) is 0.625. The summed E-state index contributed by atoms with van der Waals surface area (Å²) in [5, 5.41) is 0. The highest BCUT2D eigenvalue weighted by molar-refractivity contribution is 5.46. The number of ether oxygens (including phenoxy) is 3. The first-order valence-corrected chi connectivity index (χ1v) is 7.54. The summed E-state index contributed by atoms with van der Waals surface area (Å²) in [7, 11) is 0. The van der Waals surface area contributed by atoms with E-state index in [2.05, 4.69) is 0 Å². The van der Waals surface area contributed by atoms with E-state index in [1.807, 2.05) is 25.1 Å². The third-order valence-corrected chi connectivity index (χ3v) is 3.46. The average Bonchev–Trinajstić information content (AvgIpc) is 2.48. The van der Waals surface area contributed by atoms with Crippen molar-refractivity contribution in [1.82, 2.24) is 0 Å². The molecule has 0 spiro atoms. The average molecular weight is 279 g/mol. The van der Waals surface area contributed by atoms with Crippen LogP contribution in [-0.4, -0.2) is 32.5 Å². The molecular weight excluding hydrogens is 254 g/mol. The summed E-state index contributed by atoms with van der Waals surface area (Å²) in [6, 6.07) is 5.98. The van der Waals surface area contributed by atoms with Crippen molar-refractivity contribution in [1.29, 1.82) is 0 Å². The Balaban J connectivity index is 2.05. The maximum Gasteiger partial charge on any atom is 0.164 e. The zero-order chi connectivity index (χ0) is 14.2. The summed E-state index contributed by atoms with van der Waals surface area (Å²) in [6.07, 6.45) is 4.44. The van der Waals surface area contributed by atoms with Crippen molar-refractivity contribution < 1.29 is 14.2 Å². The highest BCUT2D eigenvalue weighted by atomic mass is 16.5. The van der Waals surface area contributed by atoms with E-state index in [0.29, 0.717) is 19.8 Å². The van der Waals surface area contributed by atoms with Gasteiger partial charge in [-0.15, -0.1) is 0 Å². The molecule has 0 saturated carbocycles. The van der Waals surface area contributed by atoms with Crippen LogP contribution in [0.25, 0.3) is 0 Å². The predicted octanol–water partition coefficient (Wildman–Crippen LogP) is 2.53. The molecule has 2 N–H and O–H groups in total. The van der Waals surface area contributed by atoms with Crippen LogP contribution < -0.4 is 15.2 Å². The van der Waals surface area contributed by atoms with Gasteiger partial charge in [0.1, 0.15) is 6.61 Å². The molecule has 1 aliphatic rings. The van der Waals surface area contributed by atoms with Crippen molar-refractivity contribution in [2.45, 2.75) is 38.7 Å². The van der Waals surface area contributed by atoms with Crippen molar-refractivity contribution in [3.63, 3.8) is 0 Å². The van der Waals surface area contributed by atoms with Crippen molar-refractivity contribution >= 4 is 0 Å². The minimum absolute atomic E-state index is 0.198. The van der Waals surface area contributed by atoms with Gasteiger partial charge in [0, 0.05) is 6.61 Å². The third-order valence-electron chi connectivity index (χ3n) is 3.46. The fourth-order valence-corrected chi connectivity index (χ4v) is 2.46. The Morgan fingerprint density at radius 3 is 2.90 bits per heavy atom. The molecule has 1 fully saturated rings. The monoisotopic (exact) mass is 279 g/mol. The molecule has 20 heavy (non-hydrogen) atoms. The van der Waals surface area contributed by atoms with E-state index in [9.17, 15) is 0 Å². The molecule has 0 radical (unpaired) electrons. The highest BCUT2D eigenvalue weighted by Gasteiger charge is 2.17. The van der Waals surface area contributed by atoms with Gasteiger partial charge in [-0.25, -0.2) is 0 Å². The van der Waals surface area contributed by atoms with E-state index in [1.54, 1.807) is 0 Å². The number of rotatable bonds is 7. The molecule has 0 aromatic heterocycles. The van der Waals surface area contributed by atoms with Crippen LogP contribution in [0.5, 0.6) is 11.5 Å². The quantitative estimate of drug-likeness (QED) is 0.833. The Kier molecular flexibility index (Phi) is 6.15. The van der Waals surface area contributed by atoms with Crippen LogP contribution in [0.1, 0.15) is 31.7 Å².